The highest BCUT2D eigenvalue weighted by atomic mass is 127. The van der Waals surface area contributed by atoms with Gasteiger partial charge in [0.25, 0.3) is 0 Å². The number of benzene rings is 2. The summed E-state index contributed by atoms with van der Waals surface area (Å²) in [6, 6.07) is 17.0. The van der Waals surface area contributed by atoms with Crippen molar-refractivity contribution in [3.05, 3.63) is 69.3 Å². The number of ketones is 1. The standard InChI is InChI=1S/C24H27IN2O3/c1-24(2,3)30-23(29)27-19(15-16-9-7-6-8-10-16)22(28)20(25)21(27)17-11-13-18(14-12-17)26(4)5/h6-14,19H,15H2,1-5H3/t19-/m0/s1. The molecule has 3 rings (SSSR count). The van der Waals surface area contributed by atoms with Gasteiger partial charge in [0.15, 0.2) is 5.78 Å². The van der Waals surface area contributed by atoms with Crippen LogP contribution in [0.1, 0.15) is 31.9 Å². The molecule has 0 aliphatic carbocycles. The second kappa shape index (κ2) is 8.79. The molecule has 0 fully saturated rings. The zero-order valence-electron chi connectivity index (χ0n) is 18.0. The van der Waals surface area contributed by atoms with Crippen molar-refractivity contribution in [2.75, 3.05) is 19.0 Å². The number of carbonyl (C=O) groups is 2. The topological polar surface area (TPSA) is 49.9 Å². The smallest absolute Gasteiger partial charge is 0.415 e. The summed E-state index contributed by atoms with van der Waals surface area (Å²) >= 11 is 2.06. The Balaban J connectivity index is 2.03. The molecule has 2 aromatic carbocycles. The van der Waals surface area contributed by atoms with E-state index in [-0.39, 0.29) is 5.78 Å². The predicted octanol–water partition coefficient (Wildman–Crippen LogP) is 5.29. The molecule has 0 N–H and O–H groups in total. The van der Waals surface area contributed by atoms with Gasteiger partial charge in [-0.3, -0.25) is 9.69 Å². The maximum Gasteiger partial charge on any atom is 0.415 e. The van der Waals surface area contributed by atoms with E-state index in [1.165, 1.54) is 4.90 Å². The first-order chi connectivity index (χ1) is 14.1. The third-order valence-electron chi connectivity index (χ3n) is 4.80. The third kappa shape index (κ3) is 4.86. The molecule has 5 nitrogen and oxygen atoms in total. The molecular weight excluding hydrogens is 491 g/mol. The molecule has 0 bridgehead atoms. The summed E-state index contributed by atoms with van der Waals surface area (Å²) in [5.41, 5.74) is 2.81. The number of nitrogens with zero attached hydrogens (tertiary/aromatic N) is 2. The first-order valence-electron chi connectivity index (χ1n) is 9.86. The minimum Gasteiger partial charge on any atom is -0.443 e. The van der Waals surface area contributed by atoms with Gasteiger partial charge in [-0.05, 0) is 66.6 Å². The molecule has 0 spiro atoms. The van der Waals surface area contributed by atoms with Gasteiger partial charge in [0.1, 0.15) is 11.6 Å². The minimum absolute atomic E-state index is 0.0583. The van der Waals surface area contributed by atoms with E-state index >= 15 is 0 Å². The van der Waals surface area contributed by atoms with Crippen LogP contribution in [0.2, 0.25) is 0 Å². The van der Waals surface area contributed by atoms with Crippen molar-refractivity contribution >= 4 is 45.9 Å². The molecule has 30 heavy (non-hydrogen) atoms. The molecule has 2 aromatic rings. The van der Waals surface area contributed by atoms with E-state index in [1.807, 2.05) is 94.4 Å². The van der Waals surface area contributed by atoms with Gasteiger partial charge in [-0.25, -0.2) is 4.79 Å². The van der Waals surface area contributed by atoms with Gasteiger partial charge < -0.3 is 9.64 Å². The van der Waals surface area contributed by atoms with Crippen molar-refractivity contribution in [1.82, 2.24) is 4.90 Å². The van der Waals surface area contributed by atoms with E-state index in [4.69, 9.17) is 4.74 Å². The molecule has 0 aromatic heterocycles. The van der Waals surface area contributed by atoms with Crippen molar-refractivity contribution < 1.29 is 14.3 Å². The number of hydrogen-bond donors (Lipinski definition) is 0. The van der Waals surface area contributed by atoms with Crippen LogP contribution in [0.15, 0.2) is 58.2 Å². The Kier molecular flexibility index (Phi) is 6.55. The molecule has 0 saturated carbocycles. The Hall–Kier alpha value is -2.35. The Labute approximate surface area is 191 Å². The van der Waals surface area contributed by atoms with Crippen LogP contribution < -0.4 is 4.90 Å². The van der Waals surface area contributed by atoms with Crippen molar-refractivity contribution in [2.45, 2.75) is 38.8 Å². The lowest BCUT2D eigenvalue weighted by atomic mass is 10.0. The van der Waals surface area contributed by atoms with Crippen LogP contribution in [0.5, 0.6) is 0 Å². The van der Waals surface area contributed by atoms with Gasteiger partial charge in [0, 0.05) is 26.2 Å². The van der Waals surface area contributed by atoms with Gasteiger partial charge in [0.05, 0.1) is 9.28 Å². The zero-order valence-corrected chi connectivity index (χ0v) is 20.1. The van der Waals surface area contributed by atoms with Crippen LogP contribution in [-0.2, 0) is 16.0 Å². The molecule has 158 valence electrons. The summed E-state index contributed by atoms with van der Waals surface area (Å²) in [6.07, 6.45) is -0.0693. The lowest BCUT2D eigenvalue weighted by molar-refractivity contribution is -0.117. The number of halogens is 1. The number of carbonyl (C=O) groups excluding carboxylic acids is 2. The van der Waals surface area contributed by atoms with Crippen molar-refractivity contribution in [1.29, 1.82) is 0 Å². The fourth-order valence-corrected chi connectivity index (χ4v) is 4.31. The van der Waals surface area contributed by atoms with Crippen LogP contribution in [0.25, 0.3) is 5.70 Å². The van der Waals surface area contributed by atoms with Gasteiger partial charge >= 0.3 is 6.09 Å². The van der Waals surface area contributed by atoms with E-state index in [0.29, 0.717) is 15.7 Å². The predicted molar refractivity (Wildman–Crippen MR) is 129 cm³/mol. The van der Waals surface area contributed by atoms with Gasteiger partial charge in [-0.1, -0.05) is 42.5 Å². The number of hydrogen-bond acceptors (Lipinski definition) is 4. The van der Waals surface area contributed by atoms with Gasteiger partial charge in [0.2, 0.25) is 0 Å². The Morgan fingerprint density at radius 1 is 1.07 bits per heavy atom. The first kappa shape index (κ1) is 22.3. The maximum absolute atomic E-state index is 13.2. The van der Waals surface area contributed by atoms with E-state index in [2.05, 4.69) is 22.6 Å². The molecule has 0 unspecified atom stereocenters. The summed E-state index contributed by atoms with van der Waals surface area (Å²) in [6.45, 7) is 5.49. The van der Waals surface area contributed by atoms with E-state index in [0.717, 1.165) is 16.8 Å². The fraction of sp³-hybridized carbons (Fsp3) is 0.333. The second-order valence-electron chi connectivity index (χ2n) is 8.52. The molecule has 0 saturated heterocycles. The van der Waals surface area contributed by atoms with E-state index in [9.17, 15) is 9.59 Å². The number of Topliss-reactive ketones (excluding diaryl/α,β-unsaturated/α-hetero) is 1. The highest BCUT2D eigenvalue weighted by Gasteiger charge is 2.44. The summed E-state index contributed by atoms with van der Waals surface area (Å²) in [4.78, 5) is 30.0. The molecule has 1 amide bonds. The van der Waals surface area contributed by atoms with Crippen LogP contribution in [0, 0.1) is 0 Å². The Bertz CT molecular complexity index is 960. The zero-order chi connectivity index (χ0) is 22.1. The average Bonchev–Trinajstić information content (AvgIpc) is 2.92. The van der Waals surface area contributed by atoms with Gasteiger partial charge in [-0.15, -0.1) is 0 Å². The largest absolute Gasteiger partial charge is 0.443 e. The first-order valence-corrected chi connectivity index (χ1v) is 10.9. The number of anilines is 1. The highest BCUT2D eigenvalue weighted by Crippen LogP contribution is 2.39. The third-order valence-corrected chi connectivity index (χ3v) is 5.84. The fourth-order valence-electron chi connectivity index (χ4n) is 3.38. The van der Waals surface area contributed by atoms with Crippen molar-refractivity contribution in [3.63, 3.8) is 0 Å². The maximum atomic E-state index is 13.2. The molecular formula is C24H27IN2O3. The molecule has 0 radical (unpaired) electrons. The number of rotatable bonds is 4. The van der Waals surface area contributed by atoms with E-state index < -0.39 is 17.7 Å². The highest BCUT2D eigenvalue weighted by molar-refractivity contribution is 14.1. The minimum atomic E-state index is -0.661. The van der Waals surface area contributed by atoms with Gasteiger partial charge in [-0.2, -0.15) is 0 Å². The van der Waals surface area contributed by atoms with E-state index in [1.54, 1.807) is 0 Å². The van der Waals surface area contributed by atoms with Crippen LogP contribution in [0.3, 0.4) is 0 Å². The van der Waals surface area contributed by atoms with Crippen LogP contribution in [0.4, 0.5) is 10.5 Å². The Morgan fingerprint density at radius 2 is 1.67 bits per heavy atom. The normalized spacial score (nSPS) is 16.8. The average molecular weight is 518 g/mol. The van der Waals surface area contributed by atoms with Crippen LogP contribution in [-0.4, -0.2) is 42.5 Å². The quantitative estimate of drug-likeness (QED) is 0.517. The molecule has 1 aliphatic rings. The van der Waals surface area contributed by atoms with Crippen molar-refractivity contribution in [3.8, 4) is 0 Å². The summed E-state index contributed by atoms with van der Waals surface area (Å²) in [5, 5.41) is 0. The molecule has 1 heterocycles. The molecule has 1 aliphatic heterocycles. The van der Waals surface area contributed by atoms with Crippen molar-refractivity contribution in [2.24, 2.45) is 0 Å². The second-order valence-corrected chi connectivity index (χ2v) is 9.60. The summed E-state index contributed by atoms with van der Waals surface area (Å²) in [5.74, 6) is -0.0583. The lowest BCUT2D eigenvalue weighted by Gasteiger charge is -2.30. The molecule has 1 atom stereocenters. The Morgan fingerprint density at radius 3 is 2.20 bits per heavy atom. The summed E-state index contributed by atoms with van der Waals surface area (Å²) < 4.78 is 6.24. The number of amides is 1. The lowest BCUT2D eigenvalue weighted by Crippen LogP contribution is -2.43. The van der Waals surface area contributed by atoms with Crippen LogP contribution >= 0.6 is 22.6 Å². The summed E-state index contributed by atoms with van der Waals surface area (Å²) in [7, 11) is 3.94. The molecule has 6 heteroatoms. The monoisotopic (exact) mass is 518 g/mol. The number of ether oxygens (including phenoxy) is 1. The SMILES string of the molecule is CN(C)c1ccc(C2=C(I)C(=O)[C@H](Cc3ccccc3)N2C(=O)OC(C)(C)C)cc1.